The Morgan fingerprint density at radius 3 is 2.74 bits per heavy atom. The van der Waals surface area contributed by atoms with E-state index in [4.69, 9.17) is 15.0 Å². The first-order chi connectivity index (χ1) is 9.00. The molecule has 0 saturated carbocycles. The Morgan fingerprint density at radius 2 is 2.16 bits per heavy atom. The van der Waals surface area contributed by atoms with Crippen LogP contribution >= 0.6 is 0 Å². The van der Waals surface area contributed by atoms with Gasteiger partial charge in [0.1, 0.15) is 5.60 Å². The molecule has 5 heteroatoms. The summed E-state index contributed by atoms with van der Waals surface area (Å²) >= 11 is 0. The van der Waals surface area contributed by atoms with E-state index in [0.29, 0.717) is 11.7 Å². The van der Waals surface area contributed by atoms with E-state index < -0.39 is 5.60 Å². The van der Waals surface area contributed by atoms with E-state index in [-0.39, 0.29) is 0 Å². The van der Waals surface area contributed by atoms with Crippen molar-refractivity contribution in [2.75, 3.05) is 12.8 Å². The van der Waals surface area contributed by atoms with Gasteiger partial charge in [0.05, 0.1) is 0 Å². The van der Waals surface area contributed by atoms with E-state index in [0.717, 1.165) is 23.2 Å². The second-order valence-electron chi connectivity index (χ2n) is 4.78. The van der Waals surface area contributed by atoms with E-state index in [1.807, 2.05) is 39.0 Å². The fourth-order valence-corrected chi connectivity index (χ4v) is 1.76. The third kappa shape index (κ3) is 2.46. The predicted molar refractivity (Wildman–Crippen MR) is 73.5 cm³/mol. The Labute approximate surface area is 112 Å². The van der Waals surface area contributed by atoms with Gasteiger partial charge in [-0.15, -0.1) is 0 Å². The summed E-state index contributed by atoms with van der Waals surface area (Å²) in [5.41, 5.74) is 7.87. The van der Waals surface area contributed by atoms with Gasteiger partial charge < -0.3 is 15.0 Å². The van der Waals surface area contributed by atoms with Crippen molar-refractivity contribution in [3.8, 4) is 11.5 Å². The highest BCUT2D eigenvalue weighted by Gasteiger charge is 2.30. The summed E-state index contributed by atoms with van der Waals surface area (Å²) < 4.78 is 10.8. The summed E-state index contributed by atoms with van der Waals surface area (Å²) in [6.45, 7) is 5.91. The molecule has 102 valence electrons. The topological polar surface area (TPSA) is 74.2 Å². The van der Waals surface area contributed by atoms with Crippen LogP contribution in [-0.2, 0) is 10.3 Å². The number of aromatic nitrogens is 2. The molecule has 2 N–H and O–H groups in total. The summed E-state index contributed by atoms with van der Waals surface area (Å²) in [6, 6.07) is 5.64. The van der Waals surface area contributed by atoms with Crippen molar-refractivity contribution in [2.24, 2.45) is 0 Å². The van der Waals surface area contributed by atoms with Gasteiger partial charge in [0.25, 0.3) is 5.89 Å². The number of methoxy groups -OCH3 is 1. The number of nitrogens with zero attached hydrogens (tertiary/aromatic N) is 2. The Hall–Kier alpha value is -1.88. The third-order valence-electron chi connectivity index (χ3n) is 3.54. The van der Waals surface area contributed by atoms with E-state index in [1.54, 1.807) is 7.11 Å². The summed E-state index contributed by atoms with van der Waals surface area (Å²) in [6.07, 6.45) is 0.767. The van der Waals surface area contributed by atoms with Crippen molar-refractivity contribution in [1.29, 1.82) is 0 Å². The maximum absolute atomic E-state index is 5.80. The van der Waals surface area contributed by atoms with Gasteiger partial charge in [-0.25, -0.2) is 0 Å². The zero-order chi connectivity index (χ0) is 14.0. The highest BCUT2D eigenvalue weighted by Crippen LogP contribution is 2.28. The van der Waals surface area contributed by atoms with Gasteiger partial charge in [-0.1, -0.05) is 12.1 Å². The van der Waals surface area contributed by atoms with Crippen molar-refractivity contribution in [2.45, 2.75) is 32.8 Å². The van der Waals surface area contributed by atoms with Gasteiger partial charge >= 0.3 is 0 Å². The molecule has 1 aromatic heterocycles. The van der Waals surface area contributed by atoms with Crippen molar-refractivity contribution >= 4 is 5.69 Å². The molecule has 0 radical (unpaired) electrons. The van der Waals surface area contributed by atoms with Gasteiger partial charge in [0.15, 0.2) is 0 Å². The summed E-state index contributed by atoms with van der Waals surface area (Å²) in [5.74, 6) is 1.04. The molecule has 0 saturated heterocycles. The van der Waals surface area contributed by atoms with Crippen molar-refractivity contribution < 1.29 is 9.26 Å². The molecular weight excluding hydrogens is 242 g/mol. The highest BCUT2D eigenvalue weighted by atomic mass is 16.5. The largest absolute Gasteiger partial charge is 0.399 e. The van der Waals surface area contributed by atoms with Crippen molar-refractivity contribution in [3.63, 3.8) is 0 Å². The number of nitrogen functional groups attached to an aromatic ring is 1. The maximum atomic E-state index is 5.80. The molecular formula is C14H19N3O2. The van der Waals surface area contributed by atoms with Crippen LogP contribution in [-0.4, -0.2) is 17.3 Å². The molecule has 5 nitrogen and oxygen atoms in total. The number of nitrogens with two attached hydrogens (primary N) is 1. The molecule has 0 aliphatic carbocycles. The maximum Gasteiger partial charge on any atom is 0.258 e. The molecule has 19 heavy (non-hydrogen) atoms. The molecule has 0 aliphatic heterocycles. The van der Waals surface area contributed by atoms with Crippen LogP contribution in [0.5, 0.6) is 0 Å². The van der Waals surface area contributed by atoms with Gasteiger partial charge in [0, 0.05) is 18.4 Å². The SMILES string of the molecule is CCC(C)(OC)c1noc(-c2ccc(N)c(C)c2)n1. The number of rotatable bonds is 4. The molecule has 0 fully saturated rings. The number of ether oxygens (including phenoxy) is 1. The minimum atomic E-state index is -0.523. The lowest BCUT2D eigenvalue weighted by Crippen LogP contribution is -2.24. The zero-order valence-corrected chi connectivity index (χ0v) is 11.7. The van der Waals surface area contributed by atoms with Crippen LogP contribution in [0.3, 0.4) is 0 Å². The van der Waals surface area contributed by atoms with Gasteiger partial charge in [-0.05, 0) is 44.0 Å². The van der Waals surface area contributed by atoms with Crippen LogP contribution in [0, 0.1) is 6.92 Å². The second kappa shape index (κ2) is 5.01. The Morgan fingerprint density at radius 1 is 1.42 bits per heavy atom. The molecule has 2 aromatic rings. The zero-order valence-electron chi connectivity index (χ0n) is 11.7. The van der Waals surface area contributed by atoms with Crippen LogP contribution in [0.1, 0.15) is 31.7 Å². The smallest absolute Gasteiger partial charge is 0.258 e. The molecule has 0 amide bonds. The standard InChI is InChI=1S/C14H19N3O2/c1-5-14(3,18-4)13-16-12(19-17-13)10-6-7-11(15)9(2)8-10/h6-8H,5,15H2,1-4H3. The molecule has 0 bridgehead atoms. The molecule has 1 aromatic carbocycles. The third-order valence-corrected chi connectivity index (χ3v) is 3.54. The molecule has 0 spiro atoms. The lowest BCUT2D eigenvalue weighted by Gasteiger charge is -2.21. The number of hydrogen-bond donors (Lipinski definition) is 1. The normalized spacial score (nSPS) is 14.3. The van der Waals surface area contributed by atoms with E-state index in [1.165, 1.54) is 0 Å². The number of aryl methyl sites for hydroxylation is 1. The number of hydrogen-bond acceptors (Lipinski definition) is 5. The van der Waals surface area contributed by atoms with Crippen LogP contribution in [0.4, 0.5) is 5.69 Å². The highest BCUT2D eigenvalue weighted by molar-refractivity contribution is 5.60. The first-order valence-corrected chi connectivity index (χ1v) is 6.26. The molecule has 1 heterocycles. The second-order valence-corrected chi connectivity index (χ2v) is 4.78. The average molecular weight is 261 g/mol. The average Bonchev–Trinajstić information content (AvgIpc) is 2.91. The lowest BCUT2D eigenvalue weighted by molar-refractivity contribution is -0.0106. The van der Waals surface area contributed by atoms with E-state index in [2.05, 4.69) is 10.1 Å². The van der Waals surface area contributed by atoms with Gasteiger partial charge in [0.2, 0.25) is 5.82 Å². The minimum absolute atomic E-state index is 0.481. The fraction of sp³-hybridized carbons (Fsp3) is 0.429. The van der Waals surface area contributed by atoms with Gasteiger partial charge in [-0.2, -0.15) is 4.98 Å². The van der Waals surface area contributed by atoms with Crippen molar-refractivity contribution in [1.82, 2.24) is 10.1 Å². The Balaban J connectivity index is 2.38. The van der Waals surface area contributed by atoms with Crippen LogP contribution < -0.4 is 5.73 Å². The molecule has 2 rings (SSSR count). The minimum Gasteiger partial charge on any atom is -0.399 e. The van der Waals surface area contributed by atoms with Crippen LogP contribution in [0.25, 0.3) is 11.5 Å². The Kier molecular flexibility index (Phi) is 3.57. The first kappa shape index (κ1) is 13.5. The molecule has 1 atom stereocenters. The molecule has 0 aliphatic rings. The summed E-state index contributed by atoms with van der Waals surface area (Å²) in [5, 5.41) is 4.02. The summed E-state index contributed by atoms with van der Waals surface area (Å²) in [4.78, 5) is 4.42. The number of benzene rings is 1. The van der Waals surface area contributed by atoms with Crippen molar-refractivity contribution in [3.05, 3.63) is 29.6 Å². The fourth-order valence-electron chi connectivity index (χ4n) is 1.76. The monoisotopic (exact) mass is 261 g/mol. The predicted octanol–water partition coefficient (Wildman–Crippen LogP) is 2.90. The van der Waals surface area contributed by atoms with Crippen LogP contribution in [0.2, 0.25) is 0 Å². The van der Waals surface area contributed by atoms with E-state index >= 15 is 0 Å². The van der Waals surface area contributed by atoms with Gasteiger partial charge in [-0.3, -0.25) is 0 Å². The Bertz CT molecular complexity index is 574. The number of anilines is 1. The quantitative estimate of drug-likeness (QED) is 0.856. The molecule has 1 unspecified atom stereocenters. The van der Waals surface area contributed by atoms with E-state index in [9.17, 15) is 0 Å². The lowest BCUT2D eigenvalue weighted by atomic mass is 10.0. The summed E-state index contributed by atoms with van der Waals surface area (Å²) in [7, 11) is 1.65. The first-order valence-electron chi connectivity index (χ1n) is 6.26. The van der Waals surface area contributed by atoms with Crippen LogP contribution in [0.15, 0.2) is 22.7 Å².